The molecule has 3 aromatic rings. The summed E-state index contributed by atoms with van der Waals surface area (Å²) in [6, 6.07) is 5.90. The van der Waals surface area contributed by atoms with Crippen LogP contribution in [0.5, 0.6) is 5.75 Å². The maximum atomic E-state index is 14.2. The van der Waals surface area contributed by atoms with Gasteiger partial charge in [0.2, 0.25) is 0 Å². The van der Waals surface area contributed by atoms with E-state index in [2.05, 4.69) is 45.5 Å². The molecule has 1 fully saturated rings. The van der Waals surface area contributed by atoms with Gasteiger partial charge in [-0.1, -0.05) is 42.3 Å². The average Bonchev–Trinajstić information content (AvgIpc) is 3.56. The largest absolute Gasteiger partial charge is 0.454 e. The second-order valence-corrected chi connectivity index (χ2v) is 12.1. The second-order valence-electron chi connectivity index (χ2n) is 11.2. The number of benzene rings is 1. The Labute approximate surface area is 260 Å². The summed E-state index contributed by atoms with van der Waals surface area (Å²) >= 11 is 1.82. The van der Waals surface area contributed by atoms with Crippen LogP contribution in [-0.2, 0) is 0 Å². The zero-order valence-corrected chi connectivity index (χ0v) is 26.4. The van der Waals surface area contributed by atoms with E-state index < -0.39 is 12.0 Å². The maximum Gasteiger partial charge on any atom is 0.190 e. The van der Waals surface area contributed by atoms with Crippen molar-refractivity contribution in [2.45, 2.75) is 39.3 Å². The highest BCUT2D eigenvalue weighted by atomic mass is 32.2. The van der Waals surface area contributed by atoms with E-state index in [-0.39, 0.29) is 23.2 Å². The molecule has 7 nitrogen and oxygen atoms in total. The van der Waals surface area contributed by atoms with Crippen molar-refractivity contribution in [1.82, 2.24) is 24.2 Å². The van der Waals surface area contributed by atoms with Crippen LogP contribution >= 0.6 is 11.9 Å². The van der Waals surface area contributed by atoms with Crippen molar-refractivity contribution in [2.24, 2.45) is 11.8 Å². The topological polar surface area (TPSA) is 74.7 Å². The molecule has 232 valence electrons. The Morgan fingerprint density at radius 3 is 2.73 bits per heavy atom. The fraction of sp³-hybridized carbons (Fsp3) is 0.353. The Hall–Kier alpha value is -3.89. The first-order chi connectivity index (χ1) is 21.2. The lowest BCUT2D eigenvalue weighted by Crippen LogP contribution is -2.30. The van der Waals surface area contributed by atoms with E-state index in [0.717, 1.165) is 38.0 Å². The van der Waals surface area contributed by atoms with Gasteiger partial charge in [-0.15, -0.1) is 0 Å². The van der Waals surface area contributed by atoms with Crippen LogP contribution < -0.4 is 20.8 Å². The summed E-state index contributed by atoms with van der Waals surface area (Å²) in [6.07, 6.45) is 14.1. The second kappa shape index (κ2) is 13.8. The van der Waals surface area contributed by atoms with Crippen LogP contribution in [0.15, 0.2) is 77.4 Å². The molecule has 1 saturated heterocycles. The number of carbonyl (C=O) groups is 1. The monoisotopic (exact) mass is 619 g/mol. The number of nitrogens with one attached hydrogen (secondary N) is 2. The first kappa shape index (κ1) is 31.5. The number of alkyl halides is 1. The minimum absolute atomic E-state index is 0.0329. The van der Waals surface area contributed by atoms with E-state index in [1.165, 1.54) is 53.1 Å². The number of fused-ring (bicyclic) bond motifs is 1. The van der Waals surface area contributed by atoms with E-state index >= 15 is 0 Å². The van der Waals surface area contributed by atoms with Gasteiger partial charge in [0.1, 0.15) is 17.6 Å². The first-order valence-corrected chi connectivity index (χ1v) is 16.0. The molecule has 2 aliphatic rings. The number of aromatic nitrogens is 3. The molecule has 44 heavy (non-hydrogen) atoms. The number of hydrogen-bond donors (Lipinski definition) is 2. The number of aromatic amines is 1. The summed E-state index contributed by atoms with van der Waals surface area (Å²) in [6.45, 7) is 9.83. The summed E-state index contributed by atoms with van der Waals surface area (Å²) in [4.78, 5) is 16.6. The van der Waals surface area contributed by atoms with Gasteiger partial charge in [0.15, 0.2) is 17.3 Å². The number of carbonyl (C=O) groups excluding carboxylic acids is 1. The number of halogens is 2. The number of rotatable bonds is 10. The summed E-state index contributed by atoms with van der Waals surface area (Å²) in [5.74, 6) is -0.0853. The molecule has 0 amide bonds. The quantitative estimate of drug-likeness (QED) is 0.136. The number of imidazole rings is 1. The highest BCUT2D eigenvalue weighted by molar-refractivity contribution is 7.96. The lowest BCUT2D eigenvalue weighted by molar-refractivity contribution is 0.104. The smallest absolute Gasteiger partial charge is 0.190 e. The number of H-pyrrole nitrogens is 1. The Bertz CT molecular complexity index is 1760. The van der Waals surface area contributed by atoms with Crippen molar-refractivity contribution < 1.29 is 18.3 Å². The molecule has 0 bridgehead atoms. The molecule has 2 aromatic heterocycles. The average molecular weight is 620 g/mol. The molecule has 2 atom stereocenters. The lowest BCUT2D eigenvalue weighted by Gasteiger charge is -2.34. The van der Waals surface area contributed by atoms with Crippen LogP contribution in [-0.4, -0.2) is 57.3 Å². The van der Waals surface area contributed by atoms with E-state index in [9.17, 15) is 13.6 Å². The number of nitrogens with zero attached hydrogens (tertiary/aromatic N) is 3. The molecular formula is C34H39F2N5O2S. The van der Waals surface area contributed by atoms with Crippen LogP contribution in [0.2, 0.25) is 0 Å². The van der Waals surface area contributed by atoms with Crippen molar-refractivity contribution in [1.29, 1.82) is 0 Å². The zero-order chi connectivity index (χ0) is 31.4. The van der Waals surface area contributed by atoms with Gasteiger partial charge in [-0.05, 0) is 81.2 Å². The lowest BCUT2D eigenvalue weighted by atomic mass is 9.79. The van der Waals surface area contributed by atoms with Crippen molar-refractivity contribution in [3.8, 4) is 5.75 Å². The summed E-state index contributed by atoms with van der Waals surface area (Å²) < 4.78 is 37.8. The van der Waals surface area contributed by atoms with Crippen LogP contribution in [0.3, 0.4) is 0 Å². The van der Waals surface area contributed by atoms with Crippen molar-refractivity contribution in [3.05, 3.63) is 99.4 Å². The molecule has 5 rings (SSSR count). The summed E-state index contributed by atoms with van der Waals surface area (Å²) in [5.41, 5.74) is 4.74. The number of para-hydroxylation sites is 1. The van der Waals surface area contributed by atoms with E-state index in [0.29, 0.717) is 27.8 Å². The van der Waals surface area contributed by atoms with Gasteiger partial charge >= 0.3 is 0 Å². The molecule has 2 unspecified atom stereocenters. The predicted octanol–water partition coefficient (Wildman–Crippen LogP) is 5.48. The van der Waals surface area contributed by atoms with Gasteiger partial charge < -0.3 is 15.0 Å². The first-order valence-electron chi connectivity index (χ1n) is 14.8. The van der Waals surface area contributed by atoms with Crippen LogP contribution in [0.4, 0.5) is 8.78 Å². The number of piperidine rings is 1. The Balaban J connectivity index is 1.36. The van der Waals surface area contributed by atoms with Gasteiger partial charge in [0, 0.05) is 37.8 Å². The normalized spacial score (nSPS) is 20.0. The molecule has 1 aromatic carbocycles. The highest BCUT2D eigenvalue weighted by Gasteiger charge is 2.27. The fourth-order valence-electron chi connectivity index (χ4n) is 5.92. The molecule has 1 aliphatic heterocycles. The third kappa shape index (κ3) is 6.92. The van der Waals surface area contributed by atoms with Gasteiger partial charge in [-0.25, -0.2) is 13.3 Å². The van der Waals surface area contributed by atoms with E-state index in [4.69, 9.17) is 4.74 Å². The molecule has 0 radical (unpaired) electrons. The van der Waals surface area contributed by atoms with E-state index in [1.807, 2.05) is 25.1 Å². The van der Waals surface area contributed by atoms with Crippen molar-refractivity contribution in [3.63, 3.8) is 0 Å². The van der Waals surface area contributed by atoms with E-state index in [1.54, 1.807) is 18.2 Å². The third-order valence-corrected chi connectivity index (χ3v) is 9.13. The summed E-state index contributed by atoms with van der Waals surface area (Å²) in [5, 5.41) is 8.62. The molecule has 0 spiro atoms. The van der Waals surface area contributed by atoms with Crippen LogP contribution in [0, 0.1) is 17.7 Å². The molecule has 10 heteroatoms. The van der Waals surface area contributed by atoms with Crippen LogP contribution in [0.1, 0.15) is 43.5 Å². The van der Waals surface area contributed by atoms with Gasteiger partial charge in [0.25, 0.3) is 0 Å². The standard InChI is InChI=1S/C34H39F2N5O2S/c1-21-16-25(31(37-4)19-27(21)24-12-14-40(44-5)15-13-24)10-11-32(42)28-20-38-41-23(3)30(39-34(28)41)18-26(17-22(2)35)43-33-9-7-6-8-29(33)36/h6-11,17-20,22,24-25,37,39H,3,12-16H2,1-2,4-5H3/b11-10+,26-17+,30-18+. The Kier molecular flexibility index (Phi) is 9.90. The molecule has 0 saturated carbocycles. The highest BCUT2D eigenvalue weighted by Crippen LogP contribution is 2.37. The number of ether oxygens (including phenoxy) is 1. The van der Waals surface area contributed by atoms with Crippen molar-refractivity contribution in [2.75, 3.05) is 26.4 Å². The summed E-state index contributed by atoms with van der Waals surface area (Å²) in [7, 11) is 1.93. The number of ketones is 1. The Morgan fingerprint density at radius 2 is 2.05 bits per heavy atom. The minimum atomic E-state index is -1.35. The van der Waals surface area contributed by atoms with Gasteiger partial charge in [-0.3, -0.25) is 9.10 Å². The SMILES string of the molecule is C=c1/c(=C\C(=C/C(C)F)Oc2ccccc2F)[nH]c2c(C(=O)/C=C/C3CC(C)=C(C4CCN(SC)CC4)C=C3NC)cnn12. The molecule has 2 N–H and O–H groups in total. The number of allylic oxidation sites excluding steroid dienone is 7. The fourth-order valence-corrected chi connectivity index (χ4v) is 6.49. The molecular weight excluding hydrogens is 580 g/mol. The Morgan fingerprint density at radius 1 is 1.30 bits per heavy atom. The maximum absolute atomic E-state index is 14.2. The predicted molar refractivity (Wildman–Crippen MR) is 174 cm³/mol. The van der Waals surface area contributed by atoms with Gasteiger partial charge in [-0.2, -0.15) is 5.10 Å². The molecule has 3 heterocycles. The van der Waals surface area contributed by atoms with Gasteiger partial charge in [0.05, 0.1) is 22.5 Å². The molecule has 1 aliphatic carbocycles. The number of hydrogen-bond acceptors (Lipinski definition) is 6. The minimum Gasteiger partial charge on any atom is -0.454 e. The van der Waals surface area contributed by atoms with Crippen LogP contribution in [0.25, 0.3) is 18.3 Å². The third-order valence-electron chi connectivity index (χ3n) is 8.25. The van der Waals surface area contributed by atoms with Crippen molar-refractivity contribution >= 4 is 36.0 Å². The zero-order valence-electron chi connectivity index (χ0n) is 25.6.